The number of hydrogen-bond acceptors (Lipinski definition) is 3. The lowest BCUT2D eigenvalue weighted by atomic mass is 10.0. The highest BCUT2D eigenvalue weighted by atomic mass is 16.5. The molecule has 1 fully saturated rings. The van der Waals surface area contributed by atoms with Crippen molar-refractivity contribution in [2.45, 2.75) is 45.8 Å². The molecule has 2 N–H and O–H groups in total. The van der Waals surface area contributed by atoms with Crippen LogP contribution in [0.15, 0.2) is 0 Å². The molecule has 15 heavy (non-hydrogen) atoms. The lowest BCUT2D eigenvalue weighted by molar-refractivity contribution is 0.105. The molecule has 3 nitrogen and oxygen atoms in total. The van der Waals surface area contributed by atoms with E-state index in [9.17, 15) is 0 Å². The third kappa shape index (κ3) is 4.96. The molecule has 0 amide bonds. The van der Waals surface area contributed by atoms with E-state index < -0.39 is 0 Å². The van der Waals surface area contributed by atoms with E-state index in [1.807, 2.05) is 0 Å². The Morgan fingerprint density at radius 2 is 2.20 bits per heavy atom. The zero-order chi connectivity index (χ0) is 11.1. The van der Waals surface area contributed by atoms with Crippen molar-refractivity contribution < 1.29 is 4.74 Å². The molecule has 0 spiro atoms. The van der Waals surface area contributed by atoms with Crippen LogP contribution in [0.1, 0.15) is 33.6 Å². The molecule has 1 rings (SSSR count). The smallest absolute Gasteiger partial charge is 0.0588 e. The van der Waals surface area contributed by atoms with Gasteiger partial charge in [0.2, 0.25) is 0 Å². The summed E-state index contributed by atoms with van der Waals surface area (Å²) in [5.41, 5.74) is 0. The van der Waals surface area contributed by atoms with Crippen molar-refractivity contribution in [3.05, 3.63) is 0 Å². The van der Waals surface area contributed by atoms with E-state index in [-0.39, 0.29) is 0 Å². The largest absolute Gasteiger partial charge is 0.378 e. The van der Waals surface area contributed by atoms with Gasteiger partial charge in [0.25, 0.3) is 0 Å². The van der Waals surface area contributed by atoms with E-state index in [0.717, 1.165) is 26.2 Å². The first-order chi connectivity index (χ1) is 7.24. The molecule has 1 saturated heterocycles. The fraction of sp³-hybridized carbons (Fsp3) is 1.00. The Bertz CT molecular complexity index is 164. The number of rotatable bonds is 7. The molecule has 3 unspecified atom stereocenters. The summed E-state index contributed by atoms with van der Waals surface area (Å²) in [6, 6.07) is 0.639. The maximum Gasteiger partial charge on any atom is 0.0588 e. The van der Waals surface area contributed by atoms with E-state index in [0.29, 0.717) is 18.1 Å². The molecule has 3 heteroatoms. The summed E-state index contributed by atoms with van der Waals surface area (Å²) in [6.45, 7) is 10.8. The Kier molecular flexibility index (Phi) is 6.22. The average molecular weight is 214 g/mol. The summed E-state index contributed by atoms with van der Waals surface area (Å²) >= 11 is 0. The van der Waals surface area contributed by atoms with Gasteiger partial charge < -0.3 is 15.4 Å². The highest BCUT2D eigenvalue weighted by Crippen LogP contribution is 2.18. The number of nitrogens with one attached hydrogen (secondary N) is 2. The fourth-order valence-corrected chi connectivity index (χ4v) is 1.88. The molecule has 1 aliphatic heterocycles. The van der Waals surface area contributed by atoms with E-state index in [4.69, 9.17) is 4.74 Å². The third-order valence-corrected chi connectivity index (χ3v) is 3.35. The summed E-state index contributed by atoms with van der Waals surface area (Å²) in [5.74, 6) is 0.716. The van der Waals surface area contributed by atoms with Crippen LogP contribution in [0.5, 0.6) is 0 Å². The standard InChI is InChI=1S/C12H26N2O/c1-4-10(2)14-7-6-13-9-12-5-8-15-11(12)3/h10-14H,4-9H2,1-3H3. The Hall–Kier alpha value is -0.120. The van der Waals surface area contributed by atoms with Crippen molar-refractivity contribution in [2.24, 2.45) is 5.92 Å². The highest BCUT2D eigenvalue weighted by molar-refractivity contribution is 4.74. The van der Waals surface area contributed by atoms with Gasteiger partial charge in [0, 0.05) is 32.3 Å². The first-order valence-electron chi connectivity index (χ1n) is 6.29. The maximum atomic E-state index is 5.52. The van der Waals surface area contributed by atoms with Gasteiger partial charge in [-0.1, -0.05) is 6.92 Å². The summed E-state index contributed by atoms with van der Waals surface area (Å²) in [4.78, 5) is 0. The lowest BCUT2D eigenvalue weighted by Gasteiger charge is -2.16. The van der Waals surface area contributed by atoms with Gasteiger partial charge in [-0.15, -0.1) is 0 Å². The average Bonchev–Trinajstić information content (AvgIpc) is 2.63. The molecule has 0 aliphatic carbocycles. The van der Waals surface area contributed by atoms with Crippen LogP contribution < -0.4 is 10.6 Å². The third-order valence-electron chi connectivity index (χ3n) is 3.35. The van der Waals surface area contributed by atoms with Crippen LogP contribution in [0.3, 0.4) is 0 Å². The van der Waals surface area contributed by atoms with Crippen LogP contribution in [0.2, 0.25) is 0 Å². The fourth-order valence-electron chi connectivity index (χ4n) is 1.88. The summed E-state index contributed by atoms with van der Waals surface area (Å²) < 4.78 is 5.52. The molecule has 0 aromatic heterocycles. The van der Waals surface area contributed by atoms with Gasteiger partial charge in [0.05, 0.1) is 6.10 Å². The second-order valence-corrected chi connectivity index (χ2v) is 4.59. The van der Waals surface area contributed by atoms with Gasteiger partial charge in [0.15, 0.2) is 0 Å². The van der Waals surface area contributed by atoms with Crippen LogP contribution >= 0.6 is 0 Å². The van der Waals surface area contributed by atoms with Gasteiger partial charge >= 0.3 is 0 Å². The Morgan fingerprint density at radius 1 is 1.40 bits per heavy atom. The first-order valence-corrected chi connectivity index (χ1v) is 6.29. The SMILES string of the molecule is CCC(C)NCCNCC1CCOC1C. The van der Waals surface area contributed by atoms with Crippen molar-refractivity contribution >= 4 is 0 Å². The van der Waals surface area contributed by atoms with E-state index in [1.54, 1.807) is 0 Å². The molecule has 3 atom stereocenters. The Morgan fingerprint density at radius 3 is 2.80 bits per heavy atom. The van der Waals surface area contributed by atoms with Crippen molar-refractivity contribution in [1.82, 2.24) is 10.6 Å². The lowest BCUT2D eigenvalue weighted by Crippen LogP contribution is -2.35. The normalized spacial score (nSPS) is 28.2. The maximum absolute atomic E-state index is 5.52. The summed E-state index contributed by atoms with van der Waals surface area (Å²) in [7, 11) is 0. The van der Waals surface area contributed by atoms with Gasteiger partial charge in [0.1, 0.15) is 0 Å². The highest BCUT2D eigenvalue weighted by Gasteiger charge is 2.23. The number of hydrogen-bond donors (Lipinski definition) is 2. The van der Waals surface area contributed by atoms with Gasteiger partial charge in [-0.3, -0.25) is 0 Å². The van der Waals surface area contributed by atoms with Gasteiger partial charge in [-0.25, -0.2) is 0 Å². The monoisotopic (exact) mass is 214 g/mol. The second kappa shape index (κ2) is 7.20. The minimum absolute atomic E-state index is 0.444. The molecule has 0 bridgehead atoms. The van der Waals surface area contributed by atoms with E-state index in [1.165, 1.54) is 12.8 Å². The first kappa shape index (κ1) is 12.9. The molecule has 0 radical (unpaired) electrons. The summed E-state index contributed by atoms with van der Waals surface area (Å²) in [5, 5.41) is 6.97. The molecule has 0 saturated carbocycles. The van der Waals surface area contributed by atoms with Crippen molar-refractivity contribution in [2.75, 3.05) is 26.2 Å². The zero-order valence-electron chi connectivity index (χ0n) is 10.4. The zero-order valence-corrected chi connectivity index (χ0v) is 10.4. The van der Waals surface area contributed by atoms with Gasteiger partial charge in [-0.2, -0.15) is 0 Å². The minimum atomic E-state index is 0.444. The van der Waals surface area contributed by atoms with Crippen molar-refractivity contribution in [1.29, 1.82) is 0 Å². The summed E-state index contributed by atoms with van der Waals surface area (Å²) in [6.07, 6.45) is 2.86. The quantitative estimate of drug-likeness (QED) is 0.628. The molecule has 0 aromatic rings. The Balaban J connectivity index is 1.92. The topological polar surface area (TPSA) is 33.3 Å². The molecule has 1 aliphatic rings. The predicted molar refractivity (Wildman–Crippen MR) is 64.1 cm³/mol. The van der Waals surface area contributed by atoms with Crippen molar-refractivity contribution in [3.63, 3.8) is 0 Å². The van der Waals surface area contributed by atoms with Crippen LogP contribution in [-0.2, 0) is 4.74 Å². The number of ether oxygens (including phenoxy) is 1. The van der Waals surface area contributed by atoms with E-state index in [2.05, 4.69) is 31.4 Å². The molecule has 0 aromatic carbocycles. The molecular weight excluding hydrogens is 188 g/mol. The van der Waals surface area contributed by atoms with Crippen LogP contribution in [0.25, 0.3) is 0 Å². The van der Waals surface area contributed by atoms with Gasteiger partial charge in [-0.05, 0) is 32.6 Å². The minimum Gasteiger partial charge on any atom is -0.378 e. The predicted octanol–water partition coefficient (Wildman–Crippen LogP) is 1.39. The van der Waals surface area contributed by atoms with Crippen LogP contribution in [-0.4, -0.2) is 38.4 Å². The molecule has 1 heterocycles. The van der Waals surface area contributed by atoms with E-state index >= 15 is 0 Å². The van der Waals surface area contributed by atoms with Crippen LogP contribution in [0.4, 0.5) is 0 Å². The van der Waals surface area contributed by atoms with Crippen LogP contribution in [0, 0.1) is 5.92 Å². The molecular formula is C12H26N2O. The second-order valence-electron chi connectivity index (χ2n) is 4.59. The van der Waals surface area contributed by atoms with Crippen molar-refractivity contribution in [3.8, 4) is 0 Å². The molecule has 90 valence electrons. The Labute approximate surface area is 94.0 Å².